The molecule has 1 heterocycles. The molecule has 0 unspecified atom stereocenters. The molecule has 1 amide bonds. The van der Waals surface area contributed by atoms with Gasteiger partial charge in [-0.15, -0.1) is 0 Å². The first-order chi connectivity index (χ1) is 8.13. The Kier molecular flexibility index (Phi) is 2.95. The van der Waals surface area contributed by atoms with Crippen LogP contribution in [-0.2, 0) is 6.42 Å². The van der Waals surface area contributed by atoms with Crippen molar-refractivity contribution in [3.8, 4) is 5.69 Å². The second kappa shape index (κ2) is 4.41. The average molecular weight is 229 g/mol. The van der Waals surface area contributed by atoms with Gasteiger partial charge in [-0.2, -0.15) is 5.10 Å². The molecule has 1 aromatic heterocycles. The maximum absolute atomic E-state index is 11.3. The molecule has 2 rings (SSSR count). The zero-order chi connectivity index (χ0) is 12.4. The van der Waals surface area contributed by atoms with Gasteiger partial charge in [0.1, 0.15) is 0 Å². The normalized spacial score (nSPS) is 10.5. The van der Waals surface area contributed by atoms with Gasteiger partial charge in [-0.25, -0.2) is 4.68 Å². The molecule has 0 fully saturated rings. The second-order valence-electron chi connectivity index (χ2n) is 3.97. The van der Waals surface area contributed by atoms with Crippen LogP contribution in [0.4, 0.5) is 0 Å². The summed E-state index contributed by atoms with van der Waals surface area (Å²) < 4.78 is 1.77. The first-order valence-corrected chi connectivity index (χ1v) is 5.57. The zero-order valence-electron chi connectivity index (χ0n) is 9.97. The van der Waals surface area contributed by atoms with Crippen molar-refractivity contribution < 1.29 is 4.79 Å². The third kappa shape index (κ3) is 2.06. The summed E-state index contributed by atoms with van der Waals surface area (Å²) in [4.78, 5) is 11.3. The highest BCUT2D eigenvalue weighted by atomic mass is 16.1. The van der Waals surface area contributed by atoms with Crippen molar-refractivity contribution in [1.82, 2.24) is 9.78 Å². The standard InChI is InChI=1S/C13H15N3O/c1-3-12-11(13(14)17)8-15-16(12)10-6-4-5-9(2)7-10/h4-8H,3H2,1-2H3,(H2,14,17). The molecule has 2 N–H and O–H groups in total. The predicted octanol–water partition coefficient (Wildman–Crippen LogP) is 1.84. The summed E-state index contributed by atoms with van der Waals surface area (Å²) in [5.41, 5.74) is 8.77. The predicted molar refractivity (Wildman–Crippen MR) is 66.2 cm³/mol. The first kappa shape index (κ1) is 11.4. The number of aryl methyl sites for hydroxylation is 1. The van der Waals surface area contributed by atoms with Crippen LogP contribution in [-0.4, -0.2) is 15.7 Å². The van der Waals surface area contributed by atoms with E-state index in [0.717, 1.165) is 16.9 Å². The van der Waals surface area contributed by atoms with Crippen molar-refractivity contribution in [1.29, 1.82) is 0 Å². The van der Waals surface area contributed by atoms with Gasteiger partial charge in [0.15, 0.2) is 0 Å². The van der Waals surface area contributed by atoms with Crippen LogP contribution in [0.15, 0.2) is 30.5 Å². The summed E-state index contributed by atoms with van der Waals surface area (Å²) in [5, 5.41) is 4.24. The highest BCUT2D eigenvalue weighted by molar-refractivity contribution is 5.93. The van der Waals surface area contributed by atoms with Gasteiger partial charge in [0.25, 0.3) is 5.91 Å². The van der Waals surface area contributed by atoms with Crippen molar-refractivity contribution in [2.45, 2.75) is 20.3 Å². The van der Waals surface area contributed by atoms with Crippen LogP contribution in [0, 0.1) is 6.92 Å². The number of carbonyl (C=O) groups excluding carboxylic acids is 1. The minimum absolute atomic E-state index is 0.430. The Bertz CT molecular complexity index is 558. The maximum atomic E-state index is 11.3. The fraction of sp³-hybridized carbons (Fsp3) is 0.231. The third-order valence-electron chi connectivity index (χ3n) is 2.72. The van der Waals surface area contributed by atoms with Crippen LogP contribution in [0.25, 0.3) is 5.69 Å². The van der Waals surface area contributed by atoms with Crippen molar-refractivity contribution in [2.75, 3.05) is 0 Å². The van der Waals surface area contributed by atoms with E-state index in [1.54, 1.807) is 4.68 Å². The number of benzene rings is 1. The van der Waals surface area contributed by atoms with E-state index in [9.17, 15) is 4.79 Å². The van der Waals surface area contributed by atoms with Crippen molar-refractivity contribution in [2.24, 2.45) is 5.73 Å². The minimum atomic E-state index is -0.430. The quantitative estimate of drug-likeness (QED) is 0.873. The molecule has 0 bridgehead atoms. The number of primary amides is 1. The van der Waals surface area contributed by atoms with Gasteiger partial charge >= 0.3 is 0 Å². The van der Waals surface area contributed by atoms with Crippen LogP contribution in [0.5, 0.6) is 0 Å². The Morgan fingerprint density at radius 1 is 1.47 bits per heavy atom. The van der Waals surface area contributed by atoms with Gasteiger partial charge in [-0.3, -0.25) is 4.79 Å². The van der Waals surface area contributed by atoms with E-state index in [4.69, 9.17) is 5.73 Å². The van der Waals surface area contributed by atoms with Crippen LogP contribution in [0.3, 0.4) is 0 Å². The topological polar surface area (TPSA) is 60.9 Å². The van der Waals surface area contributed by atoms with Crippen molar-refractivity contribution in [3.05, 3.63) is 47.3 Å². The van der Waals surface area contributed by atoms with E-state index in [2.05, 4.69) is 5.10 Å². The largest absolute Gasteiger partial charge is 0.365 e. The van der Waals surface area contributed by atoms with Crippen LogP contribution < -0.4 is 5.73 Å². The summed E-state index contributed by atoms with van der Waals surface area (Å²) in [6.07, 6.45) is 2.25. The number of nitrogens with zero attached hydrogens (tertiary/aromatic N) is 2. The van der Waals surface area contributed by atoms with Crippen molar-refractivity contribution >= 4 is 5.91 Å². The lowest BCUT2D eigenvalue weighted by Gasteiger charge is -2.07. The Morgan fingerprint density at radius 3 is 2.82 bits per heavy atom. The van der Waals surface area contributed by atoms with E-state index in [0.29, 0.717) is 12.0 Å². The molecule has 17 heavy (non-hydrogen) atoms. The molecule has 2 aromatic rings. The summed E-state index contributed by atoms with van der Waals surface area (Å²) in [7, 11) is 0. The minimum Gasteiger partial charge on any atom is -0.365 e. The molecule has 0 aliphatic heterocycles. The monoisotopic (exact) mass is 229 g/mol. The second-order valence-corrected chi connectivity index (χ2v) is 3.97. The first-order valence-electron chi connectivity index (χ1n) is 5.57. The van der Waals surface area contributed by atoms with Gasteiger partial charge in [-0.1, -0.05) is 19.1 Å². The molecule has 88 valence electrons. The Balaban J connectivity index is 2.56. The number of nitrogens with two attached hydrogens (primary N) is 1. The third-order valence-corrected chi connectivity index (χ3v) is 2.72. The number of amides is 1. The number of hydrogen-bond acceptors (Lipinski definition) is 2. The number of rotatable bonds is 3. The lowest BCUT2D eigenvalue weighted by molar-refractivity contribution is 0.0999. The van der Waals surface area contributed by atoms with Gasteiger partial charge < -0.3 is 5.73 Å². The summed E-state index contributed by atoms with van der Waals surface area (Å²) >= 11 is 0. The fourth-order valence-electron chi connectivity index (χ4n) is 1.90. The fourth-order valence-corrected chi connectivity index (χ4v) is 1.90. The van der Waals surface area contributed by atoms with Crippen molar-refractivity contribution in [3.63, 3.8) is 0 Å². The summed E-state index contributed by atoms with van der Waals surface area (Å²) in [5.74, 6) is -0.430. The number of hydrogen-bond donors (Lipinski definition) is 1. The SMILES string of the molecule is CCc1c(C(N)=O)cnn1-c1cccc(C)c1. The van der Waals surface area contributed by atoms with E-state index < -0.39 is 5.91 Å². The molecule has 0 atom stereocenters. The van der Waals surface area contributed by atoms with Gasteiger partial charge in [0, 0.05) is 0 Å². The molecule has 0 spiro atoms. The van der Waals surface area contributed by atoms with Crippen LogP contribution >= 0.6 is 0 Å². The van der Waals surface area contributed by atoms with E-state index >= 15 is 0 Å². The van der Waals surface area contributed by atoms with E-state index in [1.807, 2.05) is 38.1 Å². The molecule has 0 radical (unpaired) electrons. The Hall–Kier alpha value is -2.10. The van der Waals surface area contributed by atoms with Crippen LogP contribution in [0.1, 0.15) is 28.5 Å². The zero-order valence-corrected chi connectivity index (χ0v) is 9.97. The van der Waals surface area contributed by atoms with Gasteiger partial charge in [-0.05, 0) is 31.0 Å². The maximum Gasteiger partial charge on any atom is 0.252 e. The summed E-state index contributed by atoms with van der Waals surface area (Å²) in [6, 6.07) is 7.98. The average Bonchev–Trinajstić information content (AvgIpc) is 2.72. The molecular formula is C13H15N3O. The van der Waals surface area contributed by atoms with Gasteiger partial charge in [0.2, 0.25) is 0 Å². The van der Waals surface area contributed by atoms with Crippen LogP contribution in [0.2, 0.25) is 0 Å². The molecule has 0 saturated carbocycles. The Labute approximate surface area is 100 Å². The van der Waals surface area contributed by atoms with E-state index in [1.165, 1.54) is 6.20 Å². The lowest BCUT2D eigenvalue weighted by atomic mass is 10.2. The molecule has 4 heteroatoms. The summed E-state index contributed by atoms with van der Waals surface area (Å²) in [6.45, 7) is 4.00. The number of aromatic nitrogens is 2. The smallest absolute Gasteiger partial charge is 0.252 e. The molecule has 0 aliphatic rings. The number of carbonyl (C=O) groups is 1. The Morgan fingerprint density at radius 2 is 2.24 bits per heavy atom. The lowest BCUT2D eigenvalue weighted by Crippen LogP contribution is -2.13. The highest BCUT2D eigenvalue weighted by Gasteiger charge is 2.14. The van der Waals surface area contributed by atoms with E-state index in [-0.39, 0.29) is 0 Å². The molecule has 1 aromatic carbocycles. The highest BCUT2D eigenvalue weighted by Crippen LogP contribution is 2.16. The molecule has 0 aliphatic carbocycles. The molecule has 4 nitrogen and oxygen atoms in total. The molecular weight excluding hydrogens is 214 g/mol. The molecule has 0 saturated heterocycles. The van der Waals surface area contributed by atoms with Gasteiger partial charge in [0.05, 0.1) is 23.1 Å².